The van der Waals surface area contributed by atoms with E-state index in [0.29, 0.717) is 0 Å². The summed E-state index contributed by atoms with van der Waals surface area (Å²) in [7, 11) is 0. The Balaban J connectivity index is 2.91. The Hall–Kier alpha value is -1.69. The molecule has 11 heavy (non-hydrogen) atoms. The highest BCUT2D eigenvalue weighted by Crippen LogP contribution is 2.12. The van der Waals surface area contributed by atoms with Gasteiger partial charge in [-0.1, -0.05) is 0 Å². The van der Waals surface area contributed by atoms with Crippen LogP contribution in [-0.4, -0.2) is 15.2 Å². The van der Waals surface area contributed by atoms with Gasteiger partial charge in [-0.05, 0) is 0 Å². The highest BCUT2D eigenvalue weighted by molar-refractivity contribution is 5.28. The number of nitro groups is 1. The largest absolute Gasteiger partial charge is 0.320 e. The molecule has 0 aromatic carbocycles. The fourth-order valence-corrected chi connectivity index (χ4v) is 0.534. The van der Waals surface area contributed by atoms with Crippen LogP contribution in [0.3, 0.4) is 0 Å². The van der Waals surface area contributed by atoms with Gasteiger partial charge in [0.05, 0.1) is 4.92 Å². The van der Waals surface area contributed by atoms with Crippen LogP contribution in [0.4, 0.5) is 5.69 Å². The molecule has 1 N–H and O–H groups in total. The lowest BCUT2D eigenvalue weighted by molar-refractivity contribution is -0.385. The minimum Gasteiger partial charge on any atom is -0.320 e. The zero-order valence-electron chi connectivity index (χ0n) is 5.30. The van der Waals surface area contributed by atoms with Crippen LogP contribution in [-0.2, 0) is 0 Å². The average molecular weight is 156 g/mol. The molecule has 0 aliphatic rings. The van der Waals surface area contributed by atoms with E-state index >= 15 is 0 Å². The maximum absolute atomic E-state index is 10.1. The summed E-state index contributed by atoms with van der Waals surface area (Å²) in [5, 5.41) is 18.1. The molecule has 0 bridgehead atoms. The zero-order valence-corrected chi connectivity index (χ0v) is 5.30. The molecule has 0 aliphatic heterocycles. The molecule has 0 fully saturated rings. The Kier molecular flexibility index (Phi) is 1.98. The normalized spacial score (nSPS) is 9.18. The van der Waals surface area contributed by atoms with E-state index in [0.717, 1.165) is 6.20 Å². The van der Waals surface area contributed by atoms with Crippen molar-refractivity contribution >= 4 is 5.69 Å². The summed E-state index contributed by atoms with van der Waals surface area (Å²) in [5.41, 5.74) is -0.147. The Morgan fingerprint density at radius 2 is 2.36 bits per heavy atom. The average Bonchev–Trinajstić information content (AvgIpc) is 2.05. The van der Waals surface area contributed by atoms with Crippen molar-refractivity contribution in [3.8, 4) is 5.88 Å². The third-order valence-corrected chi connectivity index (χ3v) is 1.03. The quantitative estimate of drug-likeness (QED) is 0.389. The number of rotatable bonds is 2. The van der Waals surface area contributed by atoms with Gasteiger partial charge in [0.25, 0.3) is 11.6 Å². The fourth-order valence-electron chi connectivity index (χ4n) is 0.534. The summed E-state index contributed by atoms with van der Waals surface area (Å²) < 4.78 is 0. The predicted molar refractivity (Wildman–Crippen MR) is 34.1 cm³/mol. The van der Waals surface area contributed by atoms with Gasteiger partial charge in [-0.3, -0.25) is 10.1 Å². The van der Waals surface area contributed by atoms with E-state index in [-0.39, 0.29) is 11.6 Å². The van der Waals surface area contributed by atoms with Crippen molar-refractivity contribution in [3.05, 3.63) is 28.4 Å². The fraction of sp³-hybridized carbons (Fsp3) is 0. The predicted octanol–water partition coefficient (Wildman–Crippen LogP) is 0.842. The number of hydrogen-bond acceptors (Lipinski definition) is 5. The van der Waals surface area contributed by atoms with E-state index in [1.165, 1.54) is 12.1 Å². The molecule has 0 amide bonds. The molecular formula is C5H4N2O4. The first-order valence-corrected chi connectivity index (χ1v) is 2.66. The molecule has 0 saturated heterocycles. The standard InChI is InChI=1S/C5H4N2O4/c8-7(9)4-1-2-5(11-10)6-3-4/h1-3,10H. The molecule has 6 nitrogen and oxygen atoms in total. The second-order valence-corrected chi connectivity index (χ2v) is 1.70. The van der Waals surface area contributed by atoms with Gasteiger partial charge < -0.3 is 4.89 Å². The Labute approximate surface area is 61.1 Å². The lowest BCUT2D eigenvalue weighted by Gasteiger charge is -1.92. The minimum atomic E-state index is -0.589. The number of nitrogens with zero attached hydrogens (tertiary/aromatic N) is 2. The molecule has 0 unspecified atom stereocenters. The zero-order chi connectivity index (χ0) is 8.27. The second-order valence-electron chi connectivity index (χ2n) is 1.70. The smallest absolute Gasteiger partial charge is 0.287 e. The summed E-state index contributed by atoms with van der Waals surface area (Å²) >= 11 is 0. The molecule has 0 saturated carbocycles. The molecule has 0 aliphatic carbocycles. The minimum absolute atomic E-state index is 0.0735. The van der Waals surface area contributed by atoms with Crippen LogP contribution in [0.25, 0.3) is 0 Å². The van der Waals surface area contributed by atoms with Gasteiger partial charge in [-0.15, -0.1) is 0 Å². The van der Waals surface area contributed by atoms with Gasteiger partial charge >= 0.3 is 0 Å². The van der Waals surface area contributed by atoms with E-state index in [1.54, 1.807) is 0 Å². The summed E-state index contributed by atoms with van der Waals surface area (Å²) in [4.78, 5) is 16.6. The number of aromatic nitrogens is 1. The third-order valence-electron chi connectivity index (χ3n) is 1.03. The van der Waals surface area contributed by atoms with Crippen molar-refractivity contribution < 1.29 is 15.1 Å². The maximum atomic E-state index is 10.1. The van der Waals surface area contributed by atoms with Crippen molar-refractivity contribution in [2.24, 2.45) is 0 Å². The molecule has 6 heteroatoms. The van der Waals surface area contributed by atoms with E-state index in [9.17, 15) is 10.1 Å². The molecule has 1 heterocycles. The first-order chi connectivity index (χ1) is 5.24. The maximum Gasteiger partial charge on any atom is 0.287 e. The Bertz CT molecular complexity index is 258. The summed E-state index contributed by atoms with van der Waals surface area (Å²) in [5.74, 6) is -0.0735. The molecule has 0 radical (unpaired) electrons. The van der Waals surface area contributed by atoms with Crippen molar-refractivity contribution in [3.63, 3.8) is 0 Å². The third kappa shape index (κ3) is 1.62. The Morgan fingerprint density at radius 1 is 1.64 bits per heavy atom. The lowest BCUT2D eigenvalue weighted by atomic mass is 10.4. The number of pyridine rings is 1. The van der Waals surface area contributed by atoms with Crippen LogP contribution in [0.2, 0.25) is 0 Å². The lowest BCUT2D eigenvalue weighted by Crippen LogP contribution is -1.91. The van der Waals surface area contributed by atoms with Crippen molar-refractivity contribution in [1.82, 2.24) is 4.98 Å². The summed E-state index contributed by atoms with van der Waals surface area (Å²) in [6.07, 6.45) is 0.992. The first kappa shape index (κ1) is 7.42. The van der Waals surface area contributed by atoms with Crippen LogP contribution < -0.4 is 4.89 Å². The van der Waals surface area contributed by atoms with E-state index < -0.39 is 4.92 Å². The molecule has 0 atom stereocenters. The SMILES string of the molecule is O=[N+]([O-])c1ccc(OO)nc1. The topological polar surface area (TPSA) is 85.5 Å². The molecular weight excluding hydrogens is 152 g/mol. The highest BCUT2D eigenvalue weighted by Gasteiger charge is 2.04. The summed E-state index contributed by atoms with van der Waals surface area (Å²) in [6, 6.07) is 2.37. The molecule has 58 valence electrons. The first-order valence-electron chi connectivity index (χ1n) is 2.66. The van der Waals surface area contributed by atoms with Crippen molar-refractivity contribution in [1.29, 1.82) is 0 Å². The molecule has 1 aromatic heterocycles. The van der Waals surface area contributed by atoms with Crippen molar-refractivity contribution in [2.45, 2.75) is 0 Å². The van der Waals surface area contributed by atoms with E-state index in [4.69, 9.17) is 5.26 Å². The van der Waals surface area contributed by atoms with Crippen LogP contribution in [0, 0.1) is 10.1 Å². The van der Waals surface area contributed by atoms with Crippen molar-refractivity contribution in [2.75, 3.05) is 0 Å². The van der Waals surface area contributed by atoms with Gasteiger partial charge in [0.2, 0.25) is 0 Å². The van der Waals surface area contributed by atoms with E-state index in [1.807, 2.05) is 0 Å². The Morgan fingerprint density at radius 3 is 2.73 bits per heavy atom. The van der Waals surface area contributed by atoms with Gasteiger partial charge in [0.1, 0.15) is 6.20 Å². The monoisotopic (exact) mass is 156 g/mol. The van der Waals surface area contributed by atoms with Crippen LogP contribution in [0.15, 0.2) is 18.3 Å². The molecule has 0 spiro atoms. The van der Waals surface area contributed by atoms with E-state index in [2.05, 4.69) is 9.87 Å². The highest BCUT2D eigenvalue weighted by atomic mass is 17.1. The van der Waals surface area contributed by atoms with Gasteiger partial charge in [0.15, 0.2) is 0 Å². The summed E-state index contributed by atoms with van der Waals surface area (Å²) in [6.45, 7) is 0. The van der Waals surface area contributed by atoms with Crippen LogP contribution >= 0.6 is 0 Å². The van der Waals surface area contributed by atoms with Crippen LogP contribution in [0.5, 0.6) is 5.88 Å². The van der Waals surface area contributed by atoms with Gasteiger partial charge in [-0.2, -0.15) is 0 Å². The van der Waals surface area contributed by atoms with Gasteiger partial charge in [-0.25, -0.2) is 10.2 Å². The molecule has 1 aromatic rings. The van der Waals surface area contributed by atoms with Crippen LogP contribution in [0.1, 0.15) is 0 Å². The van der Waals surface area contributed by atoms with Gasteiger partial charge in [0, 0.05) is 12.1 Å². The number of hydrogen-bond donors (Lipinski definition) is 1. The second kappa shape index (κ2) is 2.93. The molecule has 1 rings (SSSR count).